The van der Waals surface area contributed by atoms with Gasteiger partial charge in [-0.05, 0) is 48.8 Å². The molecule has 1 aromatic rings. The minimum Gasteiger partial charge on any atom is -0.393 e. The SMILES string of the molecule is O=C1CC2C1CC(O)C2CCC(O)c1ccc(Cl)cc1. The summed E-state index contributed by atoms with van der Waals surface area (Å²) in [5.41, 5.74) is 0.850. The lowest BCUT2D eigenvalue weighted by molar-refractivity contribution is -0.133. The average Bonchev–Trinajstić information content (AvgIpc) is 2.69. The van der Waals surface area contributed by atoms with Gasteiger partial charge in [0.2, 0.25) is 0 Å². The van der Waals surface area contributed by atoms with Crippen LogP contribution in [-0.2, 0) is 4.79 Å². The first-order chi connectivity index (χ1) is 9.56. The van der Waals surface area contributed by atoms with Crippen LogP contribution in [0.15, 0.2) is 24.3 Å². The molecule has 2 fully saturated rings. The van der Waals surface area contributed by atoms with E-state index in [0.717, 1.165) is 12.0 Å². The molecule has 3 rings (SSSR count). The van der Waals surface area contributed by atoms with Crippen LogP contribution in [0.2, 0.25) is 5.02 Å². The predicted molar refractivity (Wildman–Crippen MR) is 76.4 cm³/mol. The molecule has 0 saturated heterocycles. The first kappa shape index (κ1) is 14.1. The average molecular weight is 295 g/mol. The molecule has 5 atom stereocenters. The zero-order valence-electron chi connectivity index (χ0n) is 11.2. The number of aliphatic hydroxyl groups is 2. The Morgan fingerprint density at radius 1 is 1.30 bits per heavy atom. The van der Waals surface area contributed by atoms with E-state index in [1.807, 2.05) is 12.1 Å². The Kier molecular flexibility index (Phi) is 3.85. The van der Waals surface area contributed by atoms with Crippen molar-refractivity contribution < 1.29 is 15.0 Å². The maximum atomic E-state index is 11.4. The second kappa shape index (κ2) is 5.47. The zero-order valence-corrected chi connectivity index (χ0v) is 12.0. The van der Waals surface area contributed by atoms with Crippen molar-refractivity contribution in [1.82, 2.24) is 0 Å². The summed E-state index contributed by atoms with van der Waals surface area (Å²) in [7, 11) is 0. The van der Waals surface area contributed by atoms with E-state index in [9.17, 15) is 15.0 Å². The normalized spacial score (nSPS) is 33.6. The molecular weight excluding hydrogens is 276 g/mol. The van der Waals surface area contributed by atoms with Crippen molar-refractivity contribution in [3.05, 3.63) is 34.9 Å². The van der Waals surface area contributed by atoms with Crippen molar-refractivity contribution in [3.63, 3.8) is 0 Å². The molecule has 0 heterocycles. The summed E-state index contributed by atoms with van der Waals surface area (Å²) in [6.07, 6.45) is 1.69. The maximum Gasteiger partial charge on any atom is 0.136 e. The number of benzene rings is 1. The summed E-state index contributed by atoms with van der Waals surface area (Å²) in [6, 6.07) is 7.19. The predicted octanol–water partition coefficient (Wildman–Crippen LogP) is 2.74. The van der Waals surface area contributed by atoms with Crippen LogP contribution in [0.3, 0.4) is 0 Å². The van der Waals surface area contributed by atoms with Gasteiger partial charge in [-0.3, -0.25) is 4.79 Å². The molecule has 2 N–H and O–H groups in total. The number of ketones is 1. The number of hydrogen-bond acceptors (Lipinski definition) is 3. The number of halogens is 1. The standard InChI is InChI=1S/C16H19ClO3/c17-10-3-1-9(2-4-10)14(18)6-5-11-12-7-16(20)13(12)8-15(11)19/h1-4,11-15,18-19H,5-8H2. The van der Waals surface area contributed by atoms with Gasteiger partial charge in [0.15, 0.2) is 0 Å². The molecule has 108 valence electrons. The van der Waals surface area contributed by atoms with E-state index in [4.69, 9.17) is 11.6 Å². The van der Waals surface area contributed by atoms with Crippen LogP contribution >= 0.6 is 11.6 Å². The fourth-order valence-corrected chi connectivity index (χ4v) is 3.81. The molecule has 3 nitrogen and oxygen atoms in total. The van der Waals surface area contributed by atoms with Crippen LogP contribution in [-0.4, -0.2) is 22.1 Å². The Morgan fingerprint density at radius 3 is 2.60 bits per heavy atom. The third-order valence-electron chi connectivity index (χ3n) is 4.94. The Labute approximate surface area is 123 Å². The van der Waals surface area contributed by atoms with Crippen molar-refractivity contribution in [3.8, 4) is 0 Å². The molecule has 0 bridgehead atoms. The highest BCUT2D eigenvalue weighted by molar-refractivity contribution is 6.30. The van der Waals surface area contributed by atoms with Crippen molar-refractivity contribution in [2.24, 2.45) is 17.8 Å². The fraction of sp³-hybridized carbons (Fsp3) is 0.562. The van der Waals surface area contributed by atoms with E-state index in [1.54, 1.807) is 12.1 Å². The van der Waals surface area contributed by atoms with E-state index < -0.39 is 6.10 Å². The number of aliphatic hydroxyl groups excluding tert-OH is 2. The first-order valence-corrected chi connectivity index (χ1v) is 7.58. The van der Waals surface area contributed by atoms with Gasteiger partial charge < -0.3 is 10.2 Å². The van der Waals surface area contributed by atoms with Crippen LogP contribution in [0.1, 0.15) is 37.4 Å². The van der Waals surface area contributed by atoms with Crippen LogP contribution in [0.4, 0.5) is 0 Å². The lowest BCUT2D eigenvalue weighted by Crippen LogP contribution is -2.36. The van der Waals surface area contributed by atoms with Gasteiger partial charge in [-0.1, -0.05) is 23.7 Å². The number of rotatable bonds is 4. The Hall–Kier alpha value is -0.900. The van der Waals surface area contributed by atoms with Crippen LogP contribution in [0.5, 0.6) is 0 Å². The van der Waals surface area contributed by atoms with Gasteiger partial charge >= 0.3 is 0 Å². The summed E-state index contributed by atoms with van der Waals surface area (Å²) >= 11 is 5.83. The first-order valence-electron chi connectivity index (χ1n) is 7.20. The number of hydrogen-bond donors (Lipinski definition) is 2. The smallest absolute Gasteiger partial charge is 0.136 e. The van der Waals surface area contributed by atoms with Crippen LogP contribution in [0.25, 0.3) is 0 Å². The van der Waals surface area contributed by atoms with E-state index in [2.05, 4.69) is 0 Å². The molecule has 2 aliphatic carbocycles. The quantitative estimate of drug-likeness (QED) is 0.898. The Balaban J connectivity index is 1.57. The molecule has 0 amide bonds. The summed E-state index contributed by atoms with van der Waals surface area (Å²) in [5, 5.41) is 20.9. The Morgan fingerprint density at radius 2 is 2.00 bits per heavy atom. The third kappa shape index (κ3) is 2.50. The van der Waals surface area contributed by atoms with Gasteiger partial charge in [-0.25, -0.2) is 0 Å². The number of Topliss-reactive ketones (excluding diaryl/α,β-unsaturated/α-hetero) is 1. The van der Waals surface area contributed by atoms with E-state index in [0.29, 0.717) is 36.0 Å². The monoisotopic (exact) mass is 294 g/mol. The highest BCUT2D eigenvalue weighted by Crippen LogP contribution is 2.50. The summed E-state index contributed by atoms with van der Waals surface area (Å²) in [4.78, 5) is 11.4. The highest BCUT2D eigenvalue weighted by Gasteiger charge is 2.52. The van der Waals surface area contributed by atoms with Crippen LogP contribution < -0.4 is 0 Å². The molecule has 0 radical (unpaired) electrons. The fourth-order valence-electron chi connectivity index (χ4n) is 3.69. The van der Waals surface area contributed by atoms with E-state index >= 15 is 0 Å². The van der Waals surface area contributed by atoms with Gasteiger partial charge in [0, 0.05) is 17.4 Å². The van der Waals surface area contributed by atoms with E-state index in [1.165, 1.54) is 0 Å². The Bertz CT molecular complexity index is 499. The molecular formula is C16H19ClO3. The zero-order chi connectivity index (χ0) is 14.3. The van der Waals surface area contributed by atoms with Crippen LogP contribution in [0, 0.1) is 17.8 Å². The maximum absolute atomic E-state index is 11.4. The highest BCUT2D eigenvalue weighted by atomic mass is 35.5. The molecule has 0 spiro atoms. The third-order valence-corrected chi connectivity index (χ3v) is 5.19. The lowest BCUT2D eigenvalue weighted by Gasteiger charge is -2.32. The molecule has 0 aromatic heterocycles. The number of carbonyl (C=O) groups excluding carboxylic acids is 1. The second-order valence-electron chi connectivity index (χ2n) is 6.05. The molecule has 2 saturated carbocycles. The van der Waals surface area contributed by atoms with Gasteiger partial charge in [0.25, 0.3) is 0 Å². The lowest BCUT2D eigenvalue weighted by atomic mass is 9.70. The van der Waals surface area contributed by atoms with Crippen molar-refractivity contribution in [2.45, 2.75) is 37.9 Å². The molecule has 1 aromatic carbocycles. The van der Waals surface area contributed by atoms with Gasteiger partial charge in [0.1, 0.15) is 5.78 Å². The van der Waals surface area contributed by atoms with Gasteiger partial charge in [-0.15, -0.1) is 0 Å². The second-order valence-corrected chi connectivity index (χ2v) is 6.49. The van der Waals surface area contributed by atoms with Gasteiger partial charge in [-0.2, -0.15) is 0 Å². The molecule has 20 heavy (non-hydrogen) atoms. The molecule has 4 heteroatoms. The minimum absolute atomic E-state index is 0.0858. The number of carbonyl (C=O) groups is 1. The summed E-state index contributed by atoms with van der Waals surface area (Å²) in [6.45, 7) is 0. The largest absolute Gasteiger partial charge is 0.393 e. The van der Waals surface area contributed by atoms with Crippen molar-refractivity contribution in [2.75, 3.05) is 0 Å². The minimum atomic E-state index is -0.533. The van der Waals surface area contributed by atoms with Crippen molar-refractivity contribution in [1.29, 1.82) is 0 Å². The van der Waals surface area contributed by atoms with Crippen molar-refractivity contribution >= 4 is 17.4 Å². The molecule has 0 aliphatic heterocycles. The summed E-state index contributed by atoms with van der Waals surface area (Å²) in [5.74, 6) is 0.895. The van der Waals surface area contributed by atoms with Gasteiger partial charge in [0.05, 0.1) is 12.2 Å². The van der Waals surface area contributed by atoms with E-state index in [-0.39, 0.29) is 17.9 Å². The molecule has 2 aliphatic rings. The molecule has 5 unspecified atom stereocenters. The topological polar surface area (TPSA) is 57.5 Å². The summed E-state index contributed by atoms with van der Waals surface area (Å²) < 4.78 is 0. The number of fused-ring (bicyclic) bond motifs is 1.